The van der Waals surface area contributed by atoms with Gasteiger partial charge in [0.05, 0.1) is 22.8 Å². The Morgan fingerprint density at radius 3 is 2.60 bits per heavy atom. The Balaban J connectivity index is 1.77. The molecule has 1 amide bonds. The number of aromatic nitrogens is 3. The van der Waals surface area contributed by atoms with E-state index in [1.165, 1.54) is 32.1 Å². The zero-order valence-electron chi connectivity index (χ0n) is 18.7. The summed E-state index contributed by atoms with van der Waals surface area (Å²) in [6, 6.07) is 4.05. The molecule has 3 heterocycles. The quantitative estimate of drug-likeness (QED) is 0.556. The van der Waals surface area contributed by atoms with Crippen molar-refractivity contribution in [3.63, 3.8) is 0 Å². The first-order chi connectivity index (χ1) is 14.3. The van der Waals surface area contributed by atoms with Crippen LogP contribution in [0.25, 0.3) is 22.3 Å². The lowest BCUT2D eigenvalue weighted by Crippen LogP contribution is -2.32. The molecule has 0 unspecified atom stereocenters. The third kappa shape index (κ3) is 3.87. The number of rotatable bonds is 5. The number of aryl methyl sites for hydroxylation is 2. The van der Waals surface area contributed by atoms with Crippen LogP contribution < -0.4 is 0 Å². The minimum absolute atomic E-state index is 0.0374. The largest absolute Gasteiger partial charge is 0.466 e. The van der Waals surface area contributed by atoms with Crippen molar-refractivity contribution < 1.29 is 9.21 Å². The summed E-state index contributed by atoms with van der Waals surface area (Å²) in [5.74, 6) is 2.28. The molecule has 0 bridgehead atoms. The van der Waals surface area contributed by atoms with Gasteiger partial charge in [0.15, 0.2) is 5.65 Å². The van der Waals surface area contributed by atoms with Crippen molar-refractivity contribution in [3.8, 4) is 11.3 Å². The highest BCUT2D eigenvalue weighted by molar-refractivity contribution is 6.06. The average molecular weight is 409 g/mol. The van der Waals surface area contributed by atoms with E-state index in [1.807, 2.05) is 42.6 Å². The molecule has 0 aliphatic heterocycles. The van der Waals surface area contributed by atoms with Gasteiger partial charge in [-0.2, -0.15) is 5.10 Å². The summed E-state index contributed by atoms with van der Waals surface area (Å²) in [5.41, 5.74) is 3.09. The highest BCUT2D eigenvalue weighted by atomic mass is 16.3. The SMILES string of the molecule is Cc1cc(-c2cc(C(=O)N(C)CC3CCCCC3)c3cnn(C(C)C)c3n2)c(C)o1. The van der Waals surface area contributed by atoms with E-state index in [0.29, 0.717) is 11.5 Å². The molecule has 0 N–H and O–H groups in total. The summed E-state index contributed by atoms with van der Waals surface area (Å²) in [5, 5.41) is 5.35. The number of carbonyl (C=O) groups excluding carboxylic acids is 1. The normalized spacial score (nSPS) is 15.3. The maximum absolute atomic E-state index is 13.5. The third-order valence-corrected chi connectivity index (χ3v) is 6.21. The van der Waals surface area contributed by atoms with E-state index >= 15 is 0 Å². The van der Waals surface area contributed by atoms with Gasteiger partial charge in [-0.1, -0.05) is 19.3 Å². The second-order valence-corrected chi connectivity index (χ2v) is 8.99. The van der Waals surface area contributed by atoms with Crippen LogP contribution in [0, 0.1) is 19.8 Å². The standard InChI is InChI=1S/C24H32N4O2/c1-15(2)28-23-21(13-25-28)20(12-22(26-23)19-11-16(3)30-17(19)4)24(29)27(5)14-18-9-7-6-8-10-18/h11-13,15,18H,6-10,14H2,1-5H3. The van der Waals surface area contributed by atoms with Crippen LogP contribution in [-0.4, -0.2) is 39.2 Å². The molecule has 6 heteroatoms. The van der Waals surface area contributed by atoms with Gasteiger partial charge in [0.1, 0.15) is 11.5 Å². The first-order valence-electron chi connectivity index (χ1n) is 11.1. The fourth-order valence-electron chi connectivity index (χ4n) is 4.64. The van der Waals surface area contributed by atoms with E-state index < -0.39 is 0 Å². The predicted molar refractivity (Wildman–Crippen MR) is 119 cm³/mol. The van der Waals surface area contributed by atoms with Crippen LogP contribution in [0.1, 0.15) is 73.9 Å². The van der Waals surface area contributed by atoms with Crippen LogP contribution in [0.15, 0.2) is 22.7 Å². The first-order valence-corrected chi connectivity index (χ1v) is 11.1. The van der Waals surface area contributed by atoms with Crippen LogP contribution >= 0.6 is 0 Å². The molecular formula is C24H32N4O2. The summed E-state index contributed by atoms with van der Waals surface area (Å²) in [4.78, 5) is 20.3. The predicted octanol–water partition coefficient (Wildman–Crippen LogP) is 5.54. The van der Waals surface area contributed by atoms with Crippen molar-refractivity contribution in [2.75, 3.05) is 13.6 Å². The van der Waals surface area contributed by atoms with Crippen LogP contribution in [-0.2, 0) is 0 Å². The summed E-state index contributed by atoms with van der Waals surface area (Å²) >= 11 is 0. The second-order valence-electron chi connectivity index (χ2n) is 8.99. The van der Waals surface area contributed by atoms with E-state index in [-0.39, 0.29) is 11.9 Å². The molecule has 30 heavy (non-hydrogen) atoms. The number of nitrogens with zero attached hydrogens (tertiary/aromatic N) is 4. The Morgan fingerprint density at radius 2 is 1.97 bits per heavy atom. The average Bonchev–Trinajstić information content (AvgIpc) is 3.30. The van der Waals surface area contributed by atoms with Gasteiger partial charge >= 0.3 is 0 Å². The van der Waals surface area contributed by atoms with E-state index in [9.17, 15) is 4.79 Å². The maximum Gasteiger partial charge on any atom is 0.254 e. The van der Waals surface area contributed by atoms with Crippen LogP contribution in [0.2, 0.25) is 0 Å². The van der Waals surface area contributed by atoms with E-state index in [1.54, 1.807) is 6.20 Å². The molecule has 3 aromatic rings. The third-order valence-electron chi connectivity index (χ3n) is 6.21. The fraction of sp³-hybridized carbons (Fsp3) is 0.542. The van der Waals surface area contributed by atoms with Crippen molar-refractivity contribution in [3.05, 3.63) is 35.4 Å². The number of hydrogen-bond acceptors (Lipinski definition) is 4. The Bertz CT molecular complexity index is 1060. The number of pyridine rings is 1. The molecule has 0 spiro atoms. The van der Waals surface area contributed by atoms with Gasteiger partial charge in [0.2, 0.25) is 0 Å². The molecule has 160 valence electrons. The monoisotopic (exact) mass is 408 g/mol. The summed E-state index contributed by atoms with van der Waals surface area (Å²) in [6.07, 6.45) is 8.08. The van der Waals surface area contributed by atoms with Crippen LogP contribution in [0.3, 0.4) is 0 Å². The lowest BCUT2D eigenvalue weighted by atomic mass is 9.89. The maximum atomic E-state index is 13.5. The molecule has 4 rings (SSSR count). The highest BCUT2D eigenvalue weighted by Gasteiger charge is 2.24. The summed E-state index contributed by atoms with van der Waals surface area (Å²) in [7, 11) is 1.92. The van der Waals surface area contributed by atoms with E-state index in [0.717, 1.165) is 40.4 Å². The lowest BCUT2D eigenvalue weighted by molar-refractivity contribution is 0.0762. The zero-order valence-corrected chi connectivity index (χ0v) is 18.7. The molecule has 3 aromatic heterocycles. The summed E-state index contributed by atoms with van der Waals surface area (Å²) in [6.45, 7) is 8.82. The number of furan rings is 1. The minimum atomic E-state index is 0.0374. The number of amides is 1. The number of carbonyl (C=O) groups is 1. The van der Waals surface area contributed by atoms with Gasteiger partial charge in [-0.05, 0) is 58.6 Å². The highest BCUT2D eigenvalue weighted by Crippen LogP contribution is 2.31. The molecule has 0 saturated heterocycles. The molecule has 6 nitrogen and oxygen atoms in total. The van der Waals surface area contributed by atoms with Gasteiger partial charge in [-0.25, -0.2) is 9.67 Å². The van der Waals surface area contributed by atoms with Crippen LogP contribution in [0.5, 0.6) is 0 Å². The van der Waals surface area contributed by atoms with Crippen molar-refractivity contribution in [2.24, 2.45) is 5.92 Å². The molecule has 1 aliphatic carbocycles. The number of fused-ring (bicyclic) bond motifs is 1. The van der Waals surface area contributed by atoms with Gasteiger partial charge in [-0.15, -0.1) is 0 Å². The van der Waals surface area contributed by atoms with Crippen LogP contribution in [0.4, 0.5) is 0 Å². The first kappa shape index (κ1) is 20.6. The van der Waals surface area contributed by atoms with Crippen molar-refractivity contribution in [1.29, 1.82) is 0 Å². The molecule has 0 atom stereocenters. The molecular weight excluding hydrogens is 376 g/mol. The Morgan fingerprint density at radius 1 is 1.23 bits per heavy atom. The van der Waals surface area contributed by atoms with Crippen molar-refractivity contribution >= 4 is 16.9 Å². The van der Waals surface area contributed by atoms with Gasteiger partial charge in [-0.3, -0.25) is 4.79 Å². The topological polar surface area (TPSA) is 64.2 Å². The van der Waals surface area contributed by atoms with Gasteiger partial charge in [0.25, 0.3) is 5.91 Å². The van der Waals surface area contributed by atoms with Gasteiger partial charge < -0.3 is 9.32 Å². The molecule has 0 aromatic carbocycles. The molecule has 1 aliphatic rings. The van der Waals surface area contributed by atoms with Gasteiger partial charge in [0, 0.05) is 25.2 Å². The smallest absolute Gasteiger partial charge is 0.254 e. The Labute approximate surface area is 178 Å². The van der Waals surface area contributed by atoms with E-state index in [4.69, 9.17) is 9.40 Å². The second kappa shape index (κ2) is 8.25. The lowest BCUT2D eigenvalue weighted by Gasteiger charge is -2.27. The Kier molecular flexibility index (Phi) is 5.67. The van der Waals surface area contributed by atoms with E-state index in [2.05, 4.69) is 18.9 Å². The molecule has 0 radical (unpaired) electrons. The van der Waals surface area contributed by atoms with Crippen molar-refractivity contribution in [2.45, 2.75) is 65.8 Å². The fourth-order valence-corrected chi connectivity index (χ4v) is 4.64. The van der Waals surface area contributed by atoms with Crippen molar-refractivity contribution in [1.82, 2.24) is 19.7 Å². The molecule has 1 fully saturated rings. The minimum Gasteiger partial charge on any atom is -0.466 e. The number of hydrogen-bond donors (Lipinski definition) is 0. The molecule has 1 saturated carbocycles. The zero-order chi connectivity index (χ0) is 21.4. The Hall–Kier alpha value is -2.63. The summed E-state index contributed by atoms with van der Waals surface area (Å²) < 4.78 is 7.62.